The number of nitrogens with zero attached hydrogens (tertiary/aromatic N) is 2. The lowest BCUT2D eigenvalue weighted by Crippen LogP contribution is -2.01. The largest absolute Gasteiger partial charge is 0.338 e. The number of nitrogens with one attached hydrogen (secondary N) is 1. The van der Waals surface area contributed by atoms with Crippen LogP contribution in [0.2, 0.25) is 0 Å². The molecule has 0 amide bonds. The van der Waals surface area contributed by atoms with Crippen molar-refractivity contribution in [2.45, 2.75) is 20.8 Å². The van der Waals surface area contributed by atoms with Gasteiger partial charge in [-0.3, -0.25) is 4.40 Å². The van der Waals surface area contributed by atoms with Crippen molar-refractivity contribution >= 4 is 50.4 Å². The summed E-state index contributed by atoms with van der Waals surface area (Å²) in [6.07, 6.45) is 0. The van der Waals surface area contributed by atoms with Crippen LogP contribution in [0, 0.1) is 30.2 Å². The highest BCUT2D eigenvalue weighted by atomic mass is 127. The number of hydrogen-bond acceptors (Lipinski definition) is 3. The van der Waals surface area contributed by atoms with Crippen molar-refractivity contribution in [1.82, 2.24) is 9.38 Å². The number of imidazole rings is 1. The predicted octanol–water partition coefficient (Wildman–Crippen LogP) is 6.48. The third kappa shape index (κ3) is 2.91. The summed E-state index contributed by atoms with van der Waals surface area (Å²) in [6.45, 7) is 6.07. The van der Waals surface area contributed by atoms with E-state index in [1.54, 1.807) is 17.4 Å². The number of halogens is 2. The number of fused-ring (bicyclic) bond motifs is 1. The van der Waals surface area contributed by atoms with E-state index in [0.29, 0.717) is 11.3 Å². The summed E-state index contributed by atoms with van der Waals surface area (Å²) in [7, 11) is 0. The predicted molar refractivity (Wildman–Crippen MR) is 115 cm³/mol. The van der Waals surface area contributed by atoms with E-state index in [1.165, 1.54) is 6.07 Å². The van der Waals surface area contributed by atoms with E-state index in [2.05, 4.69) is 56.7 Å². The topological polar surface area (TPSA) is 29.3 Å². The van der Waals surface area contributed by atoms with E-state index in [-0.39, 0.29) is 5.82 Å². The number of rotatable bonds is 3. The lowest BCUT2D eigenvalue weighted by atomic mass is 10.1. The van der Waals surface area contributed by atoms with Crippen LogP contribution in [0.1, 0.15) is 16.8 Å². The molecule has 1 N–H and O–H groups in total. The maximum Gasteiger partial charge on any atom is 0.196 e. The molecule has 2 aromatic carbocycles. The van der Waals surface area contributed by atoms with Gasteiger partial charge in [0.2, 0.25) is 0 Å². The van der Waals surface area contributed by atoms with Gasteiger partial charge in [-0.1, -0.05) is 23.8 Å². The molecular weight excluding hydrogens is 460 g/mol. The zero-order chi connectivity index (χ0) is 18.4. The molecule has 6 heteroatoms. The highest BCUT2D eigenvalue weighted by Gasteiger charge is 2.21. The quantitative estimate of drug-likeness (QED) is 0.343. The van der Waals surface area contributed by atoms with Crippen LogP contribution in [-0.4, -0.2) is 9.38 Å². The number of benzene rings is 2. The first-order chi connectivity index (χ1) is 12.5. The van der Waals surface area contributed by atoms with Crippen molar-refractivity contribution in [3.63, 3.8) is 0 Å². The Morgan fingerprint density at radius 3 is 2.73 bits per heavy atom. The monoisotopic (exact) mass is 477 g/mol. The molecule has 0 bridgehead atoms. The van der Waals surface area contributed by atoms with Crippen LogP contribution in [0.3, 0.4) is 0 Å². The van der Waals surface area contributed by atoms with E-state index < -0.39 is 0 Å². The minimum absolute atomic E-state index is 0.262. The van der Waals surface area contributed by atoms with Gasteiger partial charge in [-0.25, -0.2) is 9.37 Å². The zero-order valence-corrected chi connectivity index (χ0v) is 17.6. The summed E-state index contributed by atoms with van der Waals surface area (Å²) in [5, 5.41) is 5.60. The molecule has 0 atom stereocenters. The van der Waals surface area contributed by atoms with Crippen LogP contribution in [0.5, 0.6) is 0 Å². The first-order valence-electron chi connectivity index (χ1n) is 8.21. The molecule has 132 valence electrons. The first kappa shape index (κ1) is 17.5. The van der Waals surface area contributed by atoms with Crippen LogP contribution >= 0.6 is 33.9 Å². The molecule has 0 saturated heterocycles. The Morgan fingerprint density at radius 1 is 1.15 bits per heavy atom. The molecule has 3 nitrogen and oxygen atoms in total. The van der Waals surface area contributed by atoms with Crippen molar-refractivity contribution in [1.29, 1.82) is 0 Å². The highest BCUT2D eigenvalue weighted by Crippen LogP contribution is 2.37. The molecule has 0 spiro atoms. The summed E-state index contributed by atoms with van der Waals surface area (Å²) in [5.41, 5.74) is 5.39. The molecule has 0 radical (unpaired) electrons. The van der Waals surface area contributed by atoms with Gasteiger partial charge in [-0.2, -0.15) is 0 Å². The molecule has 2 aromatic heterocycles. The van der Waals surface area contributed by atoms with E-state index in [4.69, 9.17) is 4.98 Å². The summed E-state index contributed by atoms with van der Waals surface area (Å²) < 4.78 is 17.8. The average Bonchev–Trinajstić information content (AvgIpc) is 3.14. The van der Waals surface area contributed by atoms with Gasteiger partial charge in [-0.05, 0) is 67.1 Å². The molecule has 0 aliphatic carbocycles. The van der Waals surface area contributed by atoms with Gasteiger partial charge in [0.15, 0.2) is 4.96 Å². The van der Waals surface area contributed by atoms with E-state index >= 15 is 0 Å². The normalized spacial score (nSPS) is 11.3. The van der Waals surface area contributed by atoms with Gasteiger partial charge in [0, 0.05) is 20.2 Å². The average molecular weight is 477 g/mol. The first-order valence-corrected chi connectivity index (χ1v) is 10.2. The smallest absolute Gasteiger partial charge is 0.196 e. The fourth-order valence-corrected chi connectivity index (χ4v) is 4.66. The Morgan fingerprint density at radius 2 is 1.96 bits per heavy atom. The van der Waals surface area contributed by atoms with Crippen molar-refractivity contribution in [2.24, 2.45) is 0 Å². The van der Waals surface area contributed by atoms with Crippen molar-refractivity contribution in [2.75, 3.05) is 5.32 Å². The SMILES string of the molecule is Cc1ccc(F)c(-c2nc3scc(C)n3c2Nc2c(C)cccc2I)c1. The Bertz CT molecular complexity index is 1110. The Balaban J connectivity index is 1.98. The minimum atomic E-state index is -0.262. The summed E-state index contributed by atoms with van der Waals surface area (Å²) in [6, 6.07) is 11.3. The highest BCUT2D eigenvalue weighted by molar-refractivity contribution is 14.1. The number of para-hydroxylation sites is 1. The number of hydrogen-bond donors (Lipinski definition) is 1. The third-order valence-electron chi connectivity index (χ3n) is 4.38. The number of thiazole rings is 1. The second kappa shape index (κ2) is 6.66. The molecule has 26 heavy (non-hydrogen) atoms. The van der Waals surface area contributed by atoms with Gasteiger partial charge < -0.3 is 5.32 Å². The van der Waals surface area contributed by atoms with Gasteiger partial charge in [0.05, 0.1) is 5.69 Å². The number of aryl methyl sites for hydroxylation is 3. The molecule has 0 aliphatic rings. The summed E-state index contributed by atoms with van der Waals surface area (Å²) in [5.74, 6) is 0.539. The maximum atomic E-state index is 14.6. The third-order valence-corrected chi connectivity index (χ3v) is 6.22. The summed E-state index contributed by atoms with van der Waals surface area (Å²) in [4.78, 5) is 5.59. The molecule has 4 aromatic rings. The summed E-state index contributed by atoms with van der Waals surface area (Å²) >= 11 is 3.88. The lowest BCUT2D eigenvalue weighted by Gasteiger charge is -2.14. The Labute approximate surface area is 169 Å². The van der Waals surface area contributed by atoms with Crippen molar-refractivity contribution in [3.8, 4) is 11.3 Å². The molecule has 0 unspecified atom stereocenters. The van der Waals surface area contributed by atoms with Crippen LogP contribution < -0.4 is 5.32 Å². The van der Waals surface area contributed by atoms with E-state index in [9.17, 15) is 4.39 Å². The standard InChI is InChI=1S/C20H17FIN3S/c1-11-7-8-15(21)14(9-11)18-19(25-13(3)10-26-20(25)24-18)23-17-12(2)5-4-6-16(17)22/h4-10,23H,1-3H3. The fourth-order valence-electron chi connectivity index (χ4n) is 3.03. The van der Waals surface area contributed by atoms with Gasteiger partial charge >= 0.3 is 0 Å². The second-order valence-corrected chi connectivity index (χ2v) is 8.34. The number of aromatic nitrogens is 2. The minimum Gasteiger partial charge on any atom is -0.338 e. The van der Waals surface area contributed by atoms with Crippen molar-refractivity contribution in [3.05, 3.63) is 68.0 Å². The molecule has 0 aliphatic heterocycles. The Hall–Kier alpha value is -1.93. The number of anilines is 2. The molecule has 2 heterocycles. The maximum absolute atomic E-state index is 14.6. The Kier molecular flexibility index (Phi) is 4.48. The van der Waals surface area contributed by atoms with Crippen molar-refractivity contribution < 1.29 is 4.39 Å². The van der Waals surface area contributed by atoms with E-state index in [1.807, 2.05) is 26.0 Å². The fraction of sp³-hybridized carbons (Fsp3) is 0.150. The van der Waals surface area contributed by atoms with Crippen LogP contribution in [0.4, 0.5) is 15.9 Å². The zero-order valence-electron chi connectivity index (χ0n) is 14.6. The molecular formula is C20H17FIN3S. The van der Waals surface area contributed by atoms with Gasteiger partial charge in [0.1, 0.15) is 17.3 Å². The molecule has 0 fully saturated rings. The van der Waals surface area contributed by atoms with Crippen LogP contribution in [0.25, 0.3) is 16.2 Å². The van der Waals surface area contributed by atoms with E-state index in [0.717, 1.165) is 36.9 Å². The van der Waals surface area contributed by atoms with Gasteiger partial charge in [-0.15, -0.1) is 11.3 Å². The van der Waals surface area contributed by atoms with Crippen LogP contribution in [-0.2, 0) is 0 Å². The van der Waals surface area contributed by atoms with Gasteiger partial charge in [0.25, 0.3) is 0 Å². The second-order valence-electron chi connectivity index (χ2n) is 6.34. The molecule has 4 rings (SSSR count). The van der Waals surface area contributed by atoms with Crippen LogP contribution in [0.15, 0.2) is 41.8 Å². The lowest BCUT2D eigenvalue weighted by molar-refractivity contribution is 0.630. The molecule has 0 saturated carbocycles.